The molecule has 8 aromatic carbocycles. The molecule has 0 unspecified atom stereocenters. The molecule has 0 atom stereocenters. The molecular weight excluding hydrogens is 623 g/mol. The number of aromatic nitrogens is 3. The predicted molar refractivity (Wildman–Crippen MR) is 209 cm³/mol. The van der Waals surface area contributed by atoms with E-state index in [-0.39, 0.29) is 0 Å². The Balaban J connectivity index is 0.988. The Morgan fingerprint density at radius 1 is 0.314 bits per heavy atom. The number of nitrogens with zero attached hydrogens (tertiary/aromatic N) is 3. The van der Waals surface area contributed by atoms with Crippen LogP contribution in [0, 0.1) is 0 Å². The first-order valence-corrected chi connectivity index (χ1v) is 17.1. The van der Waals surface area contributed by atoms with E-state index in [1.54, 1.807) is 0 Å². The fraction of sp³-hybridized carbons (Fsp3) is 0. The first-order chi connectivity index (χ1) is 25.2. The molecule has 0 saturated heterocycles. The Morgan fingerprint density at radius 3 is 1.37 bits per heavy atom. The summed E-state index contributed by atoms with van der Waals surface area (Å²) in [6.07, 6.45) is 0. The number of hydrogen-bond acceptors (Lipinski definition) is 4. The van der Waals surface area contributed by atoms with E-state index in [0.717, 1.165) is 60.5 Å². The first-order valence-electron chi connectivity index (χ1n) is 17.1. The summed E-state index contributed by atoms with van der Waals surface area (Å²) >= 11 is 0. The minimum atomic E-state index is 0.652. The highest BCUT2D eigenvalue weighted by Gasteiger charge is 2.14. The minimum absolute atomic E-state index is 0.652. The van der Waals surface area contributed by atoms with Crippen molar-refractivity contribution < 1.29 is 4.42 Å². The number of fused-ring (bicyclic) bond motifs is 5. The van der Waals surface area contributed by atoms with Gasteiger partial charge in [0.25, 0.3) is 0 Å². The molecule has 2 heterocycles. The van der Waals surface area contributed by atoms with Crippen LogP contribution in [0.2, 0.25) is 0 Å². The predicted octanol–water partition coefficient (Wildman–Crippen LogP) is 12.4. The Labute approximate surface area is 294 Å². The van der Waals surface area contributed by atoms with E-state index in [1.165, 1.54) is 21.9 Å². The zero-order valence-electron chi connectivity index (χ0n) is 27.5. The van der Waals surface area contributed by atoms with Crippen LogP contribution >= 0.6 is 0 Å². The van der Waals surface area contributed by atoms with Crippen LogP contribution in [-0.4, -0.2) is 15.0 Å². The standard InChI is InChI=1S/C47H29N3O/c1-3-10-30(11-4-1)45-48-46(31-12-5-2-6-13-31)50-47(49-45)39-25-23-35-27-33(19-21-37(35)29-39)32-18-20-36-28-38(24-22-34(36)26-32)40-15-9-16-42-41-14-7-8-17-43(41)51-44(40)42/h1-29H. The largest absolute Gasteiger partial charge is 0.455 e. The molecule has 0 spiro atoms. The van der Waals surface area contributed by atoms with Gasteiger partial charge in [0.15, 0.2) is 17.5 Å². The SMILES string of the molecule is c1ccc(-c2nc(-c3ccccc3)nc(-c3ccc4cc(-c5ccc6cc(-c7cccc8c7oc7ccccc78)ccc6c5)ccc4c3)n2)cc1. The van der Waals surface area contributed by atoms with Gasteiger partial charge >= 0.3 is 0 Å². The third kappa shape index (κ3) is 5.22. The van der Waals surface area contributed by atoms with Gasteiger partial charge in [-0.05, 0) is 68.6 Å². The molecule has 238 valence electrons. The maximum atomic E-state index is 6.33. The summed E-state index contributed by atoms with van der Waals surface area (Å²) < 4.78 is 6.33. The molecular formula is C47H29N3O. The topological polar surface area (TPSA) is 51.8 Å². The van der Waals surface area contributed by atoms with Crippen LogP contribution in [0.4, 0.5) is 0 Å². The zero-order valence-corrected chi connectivity index (χ0v) is 27.5. The molecule has 10 rings (SSSR count). The van der Waals surface area contributed by atoms with Crippen LogP contribution < -0.4 is 0 Å². The Bertz CT molecular complexity index is 2860. The van der Waals surface area contributed by atoms with Crippen molar-refractivity contribution in [3.8, 4) is 56.4 Å². The summed E-state index contributed by atoms with van der Waals surface area (Å²) in [5.74, 6) is 1.97. The van der Waals surface area contributed by atoms with Crippen molar-refractivity contribution in [2.75, 3.05) is 0 Å². The molecule has 2 aromatic heterocycles. The van der Waals surface area contributed by atoms with Crippen LogP contribution in [0.15, 0.2) is 180 Å². The van der Waals surface area contributed by atoms with Crippen LogP contribution in [0.1, 0.15) is 0 Å². The summed E-state index contributed by atoms with van der Waals surface area (Å²) in [7, 11) is 0. The molecule has 0 aliphatic rings. The van der Waals surface area contributed by atoms with Crippen molar-refractivity contribution in [3.05, 3.63) is 176 Å². The number of hydrogen-bond donors (Lipinski definition) is 0. The second-order valence-electron chi connectivity index (χ2n) is 12.9. The van der Waals surface area contributed by atoms with Gasteiger partial charge in [-0.3, -0.25) is 0 Å². The average Bonchev–Trinajstić information content (AvgIpc) is 3.60. The number of para-hydroxylation sites is 2. The Kier molecular flexibility index (Phi) is 6.78. The van der Waals surface area contributed by atoms with Gasteiger partial charge in [0.05, 0.1) is 0 Å². The average molecular weight is 652 g/mol. The maximum Gasteiger partial charge on any atom is 0.164 e. The molecule has 0 aliphatic carbocycles. The second-order valence-corrected chi connectivity index (χ2v) is 12.9. The van der Waals surface area contributed by atoms with Crippen molar-refractivity contribution >= 4 is 43.5 Å². The third-order valence-corrected chi connectivity index (χ3v) is 9.69. The summed E-state index contributed by atoms with van der Waals surface area (Å²) in [6.45, 7) is 0. The first kappa shape index (κ1) is 29.0. The van der Waals surface area contributed by atoms with Gasteiger partial charge in [-0.1, -0.05) is 146 Å². The molecule has 0 aliphatic heterocycles. The molecule has 0 N–H and O–H groups in total. The summed E-state index contributed by atoms with van der Waals surface area (Å²) in [4.78, 5) is 14.7. The van der Waals surface area contributed by atoms with Crippen LogP contribution in [0.3, 0.4) is 0 Å². The number of benzene rings is 8. The molecule has 0 fully saturated rings. The molecule has 51 heavy (non-hydrogen) atoms. The lowest BCUT2D eigenvalue weighted by atomic mass is 9.95. The molecule has 4 heteroatoms. The zero-order chi connectivity index (χ0) is 33.7. The molecule has 10 aromatic rings. The van der Waals surface area contributed by atoms with Crippen molar-refractivity contribution in [1.82, 2.24) is 15.0 Å². The Morgan fingerprint density at radius 2 is 0.765 bits per heavy atom. The maximum absolute atomic E-state index is 6.33. The van der Waals surface area contributed by atoms with Gasteiger partial charge in [0.2, 0.25) is 0 Å². The van der Waals surface area contributed by atoms with E-state index in [0.29, 0.717) is 17.5 Å². The fourth-order valence-corrected chi connectivity index (χ4v) is 7.07. The number of rotatable bonds is 5. The molecule has 4 nitrogen and oxygen atoms in total. The van der Waals surface area contributed by atoms with Crippen molar-refractivity contribution in [2.45, 2.75) is 0 Å². The third-order valence-electron chi connectivity index (χ3n) is 9.69. The van der Waals surface area contributed by atoms with Gasteiger partial charge in [0.1, 0.15) is 11.2 Å². The highest BCUT2D eigenvalue weighted by atomic mass is 16.3. The lowest BCUT2D eigenvalue weighted by molar-refractivity contribution is 0.670. The summed E-state index contributed by atoms with van der Waals surface area (Å²) in [5, 5.41) is 6.96. The van der Waals surface area contributed by atoms with Crippen LogP contribution in [0.25, 0.3) is 99.9 Å². The van der Waals surface area contributed by atoms with E-state index in [1.807, 2.05) is 72.8 Å². The van der Waals surface area contributed by atoms with Gasteiger partial charge < -0.3 is 4.42 Å². The summed E-state index contributed by atoms with van der Waals surface area (Å²) in [5.41, 5.74) is 9.31. The van der Waals surface area contributed by atoms with Crippen LogP contribution in [0.5, 0.6) is 0 Å². The van der Waals surface area contributed by atoms with Crippen molar-refractivity contribution in [2.24, 2.45) is 0 Å². The monoisotopic (exact) mass is 651 g/mol. The molecule has 0 bridgehead atoms. The second kappa shape index (κ2) is 11.9. The van der Waals surface area contributed by atoms with Gasteiger partial charge in [-0.15, -0.1) is 0 Å². The van der Waals surface area contributed by atoms with Crippen molar-refractivity contribution in [1.29, 1.82) is 0 Å². The minimum Gasteiger partial charge on any atom is -0.455 e. The van der Waals surface area contributed by atoms with Crippen molar-refractivity contribution in [3.63, 3.8) is 0 Å². The smallest absolute Gasteiger partial charge is 0.164 e. The van der Waals surface area contributed by atoms with Crippen LogP contribution in [-0.2, 0) is 0 Å². The summed E-state index contributed by atoms with van der Waals surface area (Å²) in [6, 6.07) is 61.2. The quantitative estimate of drug-likeness (QED) is 0.186. The van der Waals surface area contributed by atoms with Gasteiger partial charge in [-0.25, -0.2) is 15.0 Å². The van der Waals surface area contributed by atoms with E-state index < -0.39 is 0 Å². The van der Waals surface area contributed by atoms with E-state index in [2.05, 4.69) is 103 Å². The van der Waals surface area contributed by atoms with E-state index in [4.69, 9.17) is 19.4 Å². The normalized spacial score (nSPS) is 11.5. The Hall–Kier alpha value is -6.91. The van der Waals surface area contributed by atoms with Gasteiger partial charge in [0, 0.05) is 33.0 Å². The lowest BCUT2D eigenvalue weighted by Gasteiger charge is -2.10. The lowest BCUT2D eigenvalue weighted by Crippen LogP contribution is -2.00. The highest BCUT2D eigenvalue weighted by Crippen LogP contribution is 2.37. The van der Waals surface area contributed by atoms with Gasteiger partial charge in [-0.2, -0.15) is 0 Å². The molecule has 0 saturated carbocycles. The van der Waals surface area contributed by atoms with E-state index >= 15 is 0 Å². The highest BCUT2D eigenvalue weighted by molar-refractivity contribution is 6.10. The number of furan rings is 1. The molecule has 0 amide bonds. The fourth-order valence-electron chi connectivity index (χ4n) is 7.07. The molecule has 0 radical (unpaired) electrons. The van der Waals surface area contributed by atoms with E-state index in [9.17, 15) is 0 Å².